The van der Waals surface area contributed by atoms with Crippen molar-refractivity contribution in [2.75, 3.05) is 49.2 Å². The molecule has 2 aliphatic rings. The molecule has 2 aromatic carbocycles. The Hall–Kier alpha value is -4.12. The molecule has 0 radical (unpaired) electrons. The Labute approximate surface area is 224 Å². The van der Waals surface area contributed by atoms with Crippen molar-refractivity contribution in [2.24, 2.45) is 14.1 Å². The lowest BCUT2D eigenvalue weighted by molar-refractivity contribution is 0.122. The molecule has 5 heterocycles. The molecule has 39 heavy (non-hydrogen) atoms. The van der Waals surface area contributed by atoms with Crippen molar-refractivity contribution < 1.29 is 4.74 Å². The van der Waals surface area contributed by atoms with Crippen LogP contribution in [0.5, 0.6) is 0 Å². The van der Waals surface area contributed by atoms with Gasteiger partial charge in [-0.3, -0.25) is 13.7 Å². The van der Waals surface area contributed by atoms with Gasteiger partial charge in [-0.15, -0.1) is 0 Å². The minimum atomic E-state index is -0.0663. The van der Waals surface area contributed by atoms with Crippen molar-refractivity contribution in [1.29, 1.82) is 0 Å². The first-order valence-corrected chi connectivity index (χ1v) is 13.5. The number of benzene rings is 2. The molecule has 0 aliphatic carbocycles. The molecule has 1 N–H and O–H groups in total. The minimum absolute atomic E-state index is 0.0523. The molecular formula is C28H32N8O3. The second-order valence-corrected chi connectivity index (χ2v) is 10.7. The number of rotatable bonds is 3. The lowest BCUT2D eigenvalue weighted by atomic mass is 10.0. The lowest BCUT2D eigenvalue weighted by Gasteiger charge is -2.35. The normalized spacial score (nSPS) is 17.2. The van der Waals surface area contributed by atoms with Gasteiger partial charge in [0.15, 0.2) is 0 Å². The second kappa shape index (κ2) is 8.98. The Morgan fingerprint density at radius 3 is 2.33 bits per heavy atom. The fraction of sp³-hybridized carbons (Fsp3) is 0.429. The monoisotopic (exact) mass is 528 g/mol. The van der Waals surface area contributed by atoms with E-state index in [1.165, 1.54) is 0 Å². The lowest BCUT2D eigenvalue weighted by Crippen LogP contribution is -2.39. The van der Waals surface area contributed by atoms with Crippen molar-refractivity contribution in [1.82, 2.24) is 28.7 Å². The molecule has 0 spiro atoms. The maximum atomic E-state index is 12.9. The minimum Gasteiger partial charge on any atom is -0.378 e. The highest BCUT2D eigenvalue weighted by Gasteiger charge is 2.27. The van der Waals surface area contributed by atoms with E-state index >= 15 is 0 Å². The quantitative estimate of drug-likeness (QED) is 0.383. The summed E-state index contributed by atoms with van der Waals surface area (Å²) in [4.78, 5) is 43.1. The Bertz CT molecular complexity index is 1850. The summed E-state index contributed by atoms with van der Waals surface area (Å²) in [5.74, 6) is 1.56. The number of ether oxygens (including phenoxy) is 1. The molecule has 0 unspecified atom stereocenters. The van der Waals surface area contributed by atoms with Crippen LogP contribution < -0.4 is 21.2 Å². The van der Waals surface area contributed by atoms with Crippen LogP contribution in [0.1, 0.15) is 24.4 Å². The van der Waals surface area contributed by atoms with Gasteiger partial charge in [0.1, 0.15) is 5.82 Å². The van der Waals surface area contributed by atoms with E-state index in [2.05, 4.69) is 20.9 Å². The van der Waals surface area contributed by atoms with E-state index < -0.39 is 0 Å². The maximum absolute atomic E-state index is 12.9. The standard InChI is InChI=1S/C28H32N8O3/c1-17-4-5-22-21(14-17)30-27(37)36(22)18-6-8-34(9-7-18)25-19-15-23-24(33(3)28(38)32(23)2)16-20(19)29-26(31-25)35-10-12-39-13-11-35/h4-5,14-16,18H,6-13H2,1-3H3,(H,30,37). The molecule has 5 aromatic rings. The zero-order valence-corrected chi connectivity index (χ0v) is 22.5. The predicted octanol–water partition coefficient (Wildman–Crippen LogP) is 2.45. The van der Waals surface area contributed by atoms with Crippen LogP contribution in [0.4, 0.5) is 11.8 Å². The molecule has 11 nitrogen and oxygen atoms in total. The summed E-state index contributed by atoms with van der Waals surface area (Å²) in [5, 5.41) is 0.930. The molecule has 202 valence electrons. The first-order valence-electron chi connectivity index (χ1n) is 13.5. The fourth-order valence-corrected chi connectivity index (χ4v) is 6.18. The number of morpholine rings is 1. The van der Waals surface area contributed by atoms with Crippen LogP contribution in [-0.4, -0.2) is 68.0 Å². The van der Waals surface area contributed by atoms with Gasteiger partial charge in [-0.05, 0) is 49.6 Å². The van der Waals surface area contributed by atoms with Gasteiger partial charge in [0, 0.05) is 51.7 Å². The molecule has 2 saturated heterocycles. The second-order valence-electron chi connectivity index (χ2n) is 10.7. The van der Waals surface area contributed by atoms with Crippen molar-refractivity contribution >= 4 is 44.7 Å². The Morgan fingerprint density at radius 2 is 1.59 bits per heavy atom. The highest BCUT2D eigenvalue weighted by Crippen LogP contribution is 2.34. The number of nitrogens with one attached hydrogen (secondary N) is 1. The SMILES string of the molecule is Cc1ccc2c(c1)[nH]c(=O)n2C1CCN(c2nc(N3CCOCC3)nc3cc4c(cc23)n(C)c(=O)n4C)CC1. The van der Waals surface area contributed by atoms with E-state index in [0.717, 1.165) is 83.4 Å². The summed E-state index contributed by atoms with van der Waals surface area (Å²) in [5.41, 5.74) is 5.38. The molecular weight excluding hydrogens is 496 g/mol. The van der Waals surface area contributed by atoms with E-state index in [9.17, 15) is 9.59 Å². The first kappa shape index (κ1) is 24.0. The average Bonchev–Trinajstić information content (AvgIpc) is 3.39. The number of anilines is 2. The number of hydrogen-bond donors (Lipinski definition) is 1. The highest BCUT2D eigenvalue weighted by molar-refractivity contribution is 5.99. The van der Waals surface area contributed by atoms with Gasteiger partial charge in [0.25, 0.3) is 0 Å². The van der Waals surface area contributed by atoms with Crippen LogP contribution >= 0.6 is 0 Å². The largest absolute Gasteiger partial charge is 0.378 e. The zero-order valence-electron chi connectivity index (χ0n) is 22.5. The highest BCUT2D eigenvalue weighted by atomic mass is 16.5. The molecule has 7 rings (SSSR count). The van der Waals surface area contributed by atoms with Gasteiger partial charge >= 0.3 is 11.4 Å². The van der Waals surface area contributed by atoms with Gasteiger partial charge in [0.2, 0.25) is 5.95 Å². The van der Waals surface area contributed by atoms with Gasteiger partial charge < -0.3 is 19.5 Å². The first-order chi connectivity index (χ1) is 18.9. The van der Waals surface area contributed by atoms with Crippen LogP contribution in [0.2, 0.25) is 0 Å². The van der Waals surface area contributed by atoms with Crippen LogP contribution in [0, 0.1) is 6.92 Å². The summed E-state index contributed by atoms with van der Waals surface area (Å²) < 4.78 is 10.8. The summed E-state index contributed by atoms with van der Waals surface area (Å²) in [6, 6.07) is 10.3. The predicted molar refractivity (Wildman–Crippen MR) is 152 cm³/mol. The summed E-state index contributed by atoms with van der Waals surface area (Å²) >= 11 is 0. The number of aryl methyl sites for hydroxylation is 3. The van der Waals surface area contributed by atoms with Crippen molar-refractivity contribution in [3.05, 3.63) is 56.9 Å². The fourth-order valence-electron chi connectivity index (χ4n) is 6.18. The zero-order chi connectivity index (χ0) is 26.8. The Kier molecular flexibility index (Phi) is 5.51. The number of aromatic nitrogens is 6. The van der Waals surface area contributed by atoms with Gasteiger partial charge in [-0.25, -0.2) is 14.6 Å². The van der Waals surface area contributed by atoms with Crippen LogP contribution in [0.25, 0.3) is 33.0 Å². The molecule has 3 aromatic heterocycles. The number of H-pyrrole nitrogens is 1. The van der Waals surface area contributed by atoms with Gasteiger partial charge in [-0.2, -0.15) is 4.98 Å². The summed E-state index contributed by atoms with van der Waals surface area (Å²) in [7, 11) is 3.59. The smallest absolute Gasteiger partial charge is 0.328 e. The Balaban J connectivity index is 1.29. The molecule has 0 bridgehead atoms. The third-order valence-electron chi connectivity index (χ3n) is 8.35. The molecule has 0 atom stereocenters. The number of aromatic amines is 1. The molecule has 2 fully saturated rings. The van der Waals surface area contributed by atoms with E-state index in [1.807, 2.05) is 35.8 Å². The third kappa shape index (κ3) is 3.82. The number of fused-ring (bicyclic) bond motifs is 3. The molecule has 0 amide bonds. The van der Waals surface area contributed by atoms with Crippen molar-refractivity contribution in [2.45, 2.75) is 25.8 Å². The van der Waals surface area contributed by atoms with Crippen LogP contribution in [-0.2, 0) is 18.8 Å². The van der Waals surface area contributed by atoms with Crippen molar-refractivity contribution in [3.63, 3.8) is 0 Å². The van der Waals surface area contributed by atoms with Gasteiger partial charge in [0.05, 0.1) is 40.8 Å². The van der Waals surface area contributed by atoms with E-state index in [1.54, 1.807) is 23.2 Å². The van der Waals surface area contributed by atoms with E-state index in [0.29, 0.717) is 19.2 Å². The van der Waals surface area contributed by atoms with E-state index in [-0.39, 0.29) is 17.4 Å². The van der Waals surface area contributed by atoms with E-state index in [4.69, 9.17) is 14.7 Å². The molecule has 0 saturated carbocycles. The summed E-state index contributed by atoms with van der Waals surface area (Å²) in [6.45, 7) is 6.32. The number of nitrogens with zero attached hydrogens (tertiary/aromatic N) is 7. The van der Waals surface area contributed by atoms with Crippen LogP contribution in [0.15, 0.2) is 39.9 Å². The van der Waals surface area contributed by atoms with Crippen LogP contribution in [0.3, 0.4) is 0 Å². The summed E-state index contributed by atoms with van der Waals surface area (Å²) in [6.07, 6.45) is 1.65. The topological polar surface area (TPSA) is 106 Å². The third-order valence-corrected chi connectivity index (χ3v) is 8.35. The number of hydrogen-bond acceptors (Lipinski definition) is 7. The molecule has 2 aliphatic heterocycles. The number of imidazole rings is 2. The van der Waals surface area contributed by atoms with Crippen molar-refractivity contribution in [3.8, 4) is 0 Å². The molecule has 11 heteroatoms. The number of piperidine rings is 1. The average molecular weight is 529 g/mol. The Morgan fingerprint density at radius 1 is 0.872 bits per heavy atom. The van der Waals surface area contributed by atoms with Gasteiger partial charge in [-0.1, -0.05) is 6.07 Å². The maximum Gasteiger partial charge on any atom is 0.328 e.